The standard InChI is InChI=1S/C24H24N4O5S/c1-15-9-11-19(16(2)13-15)25-23(29)22(17-7-5-4-6-8-17)27(34)24(30)26-20-14-18(28(31)32)10-12-21(20)33-3/h4-14,22,34H,1-3H3,(H,25,29)(H,26,30). The van der Waals surface area contributed by atoms with Crippen molar-refractivity contribution in [3.8, 4) is 5.75 Å². The first-order valence-electron chi connectivity index (χ1n) is 10.3. The van der Waals surface area contributed by atoms with Crippen molar-refractivity contribution in [2.45, 2.75) is 19.9 Å². The van der Waals surface area contributed by atoms with E-state index in [1.165, 1.54) is 25.3 Å². The van der Waals surface area contributed by atoms with Gasteiger partial charge < -0.3 is 15.4 Å². The second-order valence-electron chi connectivity index (χ2n) is 7.54. The fourth-order valence-corrected chi connectivity index (χ4v) is 3.68. The van der Waals surface area contributed by atoms with Gasteiger partial charge in [0.05, 0.1) is 17.7 Å². The van der Waals surface area contributed by atoms with Gasteiger partial charge in [0.2, 0.25) is 0 Å². The summed E-state index contributed by atoms with van der Waals surface area (Å²) >= 11 is 4.33. The molecule has 0 bridgehead atoms. The fourth-order valence-electron chi connectivity index (χ4n) is 3.39. The number of methoxy groups -OCH3 is 1. The summed E-state index contributed by atoms with van der Waals surface area (Å²) in [7, 11) is 1.37. The van der Waals surface area contributed by atoms with Crippen LogP contribution in [-0.4, -0.2) is 28.3 Å². The Bertz CT molecular complexity index is 1220. The summed E-state index contributed by atoms with van der Waals surface area (Å²) in [6.45, 7) is 3.83. The largest absolute Gasteiger partial charge is 0.495 e. The van der Waals surface area contributed by atoms with Gasteiger partial charge in [-0.2, -0.15) is 0 Å². The van der Waals surface area contributed by atoms with Crippen molar-refractivity contribution < 1.29 is 19.2 Å². The molecule has 0 aliphatic rings. The molecule has 3 aromatic rings. The molecule has 3 amide bonds. The van der Waals surface area contributed by atoms with Gasteiger partial charge >= 0.3 is 6.03 Å². The number of carbonyl (C=O) groups is 2. The van der Waals surface area contributed by atoms with Crippen LogP contribution in [0.1, 0.15) is 22.7 Å². The maximum Gasteiger partial charge on any atom is 0.332 e. The third-order valence-corrected chi connectivity index (χ3v) is 5.50. The van der Waals surface area contributed by atoms with Crippen molar-refractivity contribution in [1.29, 1.82) is 0 Å². The van der Waals surface area contributed by atoms with E-state index in [0.717, 1.165) is 15.4 Å². The van der Waals surface area contributed by atoms with Crippen LogP contribution < -0.4 is 15.4 Å². The van der Waals surface area contributed by atoms with E-state index in [-0.39, 0.29) is 17.1 Å². The average Bonchev–Trinajstić information content (AvgIpc) is 2.81. The van der Waals surface area contributed by atoms with E-state index in [9.17, 15) is 19.7 Å². The van der Waals surface area contributed by atoms with Gasteiger partial charge in [-0.25, -0.2) is 4.79 Å². The molecule has 0 saturated heterocycles. The second kappa shape index (κ2) is 10.7. The Balaban J connectivity index is 1.91. The topological polar surface area (TPSA) is 114 Å². The summed E-state index contributed by atoms with van der Waals surface area (Å²) < 4.78 is 6.13. The Kier molecular flexibility index (Phi) is 7.75. The molecular weight excluding hydrogens is 456 g/mol. The van der Waals surface area contributed by atoms with Crippen molar-refractivity contribution >= 4 is 41.8 Å². The van der Waals surface area contributed by atoms with Crippen LogP contribution in [0.5, 0.6) is 5.75 Å². The Morgan fingerprint density at radius 1 is 1.00 bits per heavy atom. The lowest BCUT2D eigenvalue weighted by atomic mass is 10.1. The van der Waals surface area contributed by atoms with Crippen LogP contribution in [0.25, 0.3) is 0 Å². The van der Waals surface area contributed by atoms with Gasteiger partial charge in [-0.15, -0.1) is 0 Å². The number of nitro groups is 1. The predicted molar refractivity (Wildman–Crippen MR) is 133 cm³/mol. The molecule has 1 unspecified atom stereocenters. The number of thiol groups is 1. The Morgan fingerprint density at radius 2 is 1.71 bits per heavy atom. The average molecular weight is 481 g/mol. The number of nitrogens with zero attached hydrogens (tertiary/aromatic N) is 2. The number of aryl methyl sites for hydroxylation is 2. The van der Waals surface area contributed by atoms with E-state index < -0.39 is 22.9 Å². The highest BCUT2D eigenvalue weighted by atomic mass is 32.1. The predicted octanol–water partition coefficient (Wildman–Crippen LogP) is 5.28. The molecule has 0 spiro atoms. The highest BCUT2D eigenvalue weighted by molar-refractivity contribution is 7.78. The summed E-state index contributed by atoms with van der Waals surface area (Å²) in [5.74, 6) is -0.258. The number of nitro benzene ring substituents is 1. The molecule has 0 radical (unpaired) electrons. The summed E-state index contributed by atoms with van der Waals surface area (Å²) in [6, 6.07) is 16.2. The van der Waals surface area contributed by atoms with Crippen molar-refractivity contribution in [3.05, 3.63) is 93.5 Å². The quantitative estimate of drug-likeness (QED) is 0.242. The smallest absolute Gasteiger partial charge is 0.332 e. The molecule has 9 nitrogen and oxygen atoms in total. The highest BCUT2D eigenvalue weighted by Gasteiger charge is 2.31. The Hall–Kier alpha value is -4.05. The minimum atomic E-state index is -1.10. The van der Waals surface area contributed by atoms with E-state index in [4.69, 9.17) is 4.74 Å². The molecule has 0 heterocycles. The van der Waals surface area contributed by atoms with Crippen LogP contribution in [0.4, 0.5) is 21.9 Å². The van der Waals surface area contributed by atoms with Gasteiger partial charge in [0.15, 0.2) is 0 Å². The number of anilines is 2. The van der Waals surface area contributed by atoms with Gasteiger partial charge in [-0.3, -0.25) is 19.2 Å². The fraction of sp³-hybridized carbons (Fsp3) is 0.167. The van der Waals surface area contributed by atoms with Crippen LogP contribution in [0.2, 0.25) is 0 Å². The number of ether oxygens (including phenoxy) is 1. The first-order chi connectivity index (χ1) is 16.2. The molecule has 10 heteroatoms. The van der Waals surface area contributed by atoms with E-state index in [0.29, 0.717) is 11.3 Å². The molecule has 0 saturated carbocycles. The molecule has 0 aliphatic heterocycles. The lowest BCUT2D eigenvalue weighted by Gasteiger charge is -2.27. The van der Waals surface area contributed by atoms with E-state index in [1.807, 2.05) is 26.0 Å². The molecular formula is C24H24N4O5S. The molecule has 0 aliphatic carbocycles. The normalized spacial score (nSPS) is 11.3. The van der Waals surface area contributed by atoms with Crippen LogP contribution in [-0.2, 0) is 4.79 Å². The Morgan fingerprint density at radius 3 is 2.32 bits per heavy atom. The maximum atomic E-state index is 13.3. The number of rotatable bonds is 7. The number of non-ortho nitro benzene ring substituents is 1. The minimum absolute atomic E-state index is 0.0716. The SMILES string of the molecule is COc1ccc([N+](=O)[O-])cc1NC(=O)N(S)C(C(=O)Nc1ccc(C)cc1C)c1ccccc1. The molecule has 3 rings (SSSR count). The number of hydrogen-bond acceptors (Lipinski definition) is 6. The van der Waals surface area contributed by atoms with E-state index >= 15 is 0 Å². The maximum absolute atomic E-state index is 13.3. The van der Waals surface area contributed by atoms with Crippen LogP contribution in [0.3, 0.4) is 0 Å². The second-order valence-corrected chi connectivity index (χ2v) is 7.97. The van der Waals surface area contributed by atoms with Gasteiger partial charge in [-0.1, -0.05) is 60.8 Å². The number of amides is 3. The van der Waals surface area contributed by atoms with Gasteiger partial charge in [0.25, 0.3) is 11.6 Å². The molecule has 34 heavy (non-hydrogen) atoms. The van der Waals surface area contributed by atoms with Gasteiger partial charge in [0, 0.05) is 17.8 Å². The molecule has 2 N–H and O–H groups in total. The summed E-state index contributed by atoms with van der Waals surface area (Å²) in [6.07, 6.45) is 0. The molecule has 176 valence electrons. The lowest BCUT2D eigenvalue weighted by molar-refractivity contribution is -0.384. The molecule has 0 aromatic heterocycles. The van der Waals surface area contributed by atoms with Crippen LogP contribution >= 0.6 is 12.8 Å². The summed E-state index contributed by atoms with van der Waals surface area (Å²) in [5.41, 5.74) is 2.91. The van der Waals surface area contributed by atoms with Crippen molar-refractivity contribution in [3.63, 3.8) is 0 Å². The number of urea groups is 1. The van der Waals surface area contributed by atoms with E-state index in [1.54, 1.807) is 36.4 Å². The summed E-state index contributed by atoms with van der Waals surface area (Å²) in [4.78, 5) is 37.0. The molecule has 0 fully saturated rings. The monoisotopic (exact) mass is 480 g/mol. The minimum Gasteiger partial charge on any atom is -0.495 e. The van der Waals surface area contributed by atoms with E-state index in [2.05, 4.69) is 23.4 Å². The first-order valence-corrected chi connectivity index (χ1v) is 10.7. The van der Waals surface area contributed by atoms with Gasteiger partial charge in [-0.05, 0) is 37.1 Å². The zero-order valence-electron chi connectivity index (χ0n) is 18.8. The number of benzene rings is 3. The zero-order chi connectivity index (χ0) is 24.8. The zero-order valence-corrected chi connectivity index (χ0v) is 19.7. The lowest BCUT2D eigenvalue weighted by Crippen LogP contribution is -2.38. The van der Waals surface area contributed by atoms with Crippen molar-refractivity contribution in [2.24, 2.45) is 0 Å². The van der Waals surface area contributed by atoms with Crippen LogP contribution in [0, 0.1) is 24.0 Å². The third-order valence-electron chi connectivity index (χ3n) is 5.09. The number of nitrogens with one attached hydrogen (secondary N) is 2. The first kappa shape index (κ1) is 24.6. The van der Waals surface area contributed by atoms with Crippen molar-refractivity contribution in [2.75, 3.05) is 17.7 Å². The summed E-state index contributed by atoms with van der Waals surface area (Å²) in [5, 5.41) is 16.6. The van der Waals surface area contributed by atoms with Crippen LogP contribution in [0.15, 0.2) is 66.7 Å². The van der Waals surface area contributed by atoms with Gasteiger partial charge in [0.1, 0.15) is 11.8 Å². The third kappa shape index (κ3) is 5.65. The molecule has 1 atom stereocenters. The molecule has 3 aromatic carbocycles. The highest BCUT2D eigenvalue weighted by Crippen LogP contribution is 2.31. The Labute approximate surface area is 202 Å². The number of hydrogen-bond donors (Lipinski definition) is 3. The van der Waals surface area contributed by atoms with Crippen molar-refractivity contribution in [1.82, 2.24) is 4.31 Å². The number of carbonyl (C=O) groups excluding carboxylic acids is 2.